The Balaban J connectivity index is 2.18. The number of phenolic OH excluding ortho intramolecular Hbond substituents is 1. The first-order valence-corrected chi connectivity index (χ1v) is 5.32. The van der Waals surface area contributed by atoms with Crippen molar-refractivity contribution in [2.24, 2.45) is 0 Å². The van der Waals surface area contributed by atoms with Gasteiger partial charge in [0.15, 0.2) is 11.7 Å². The number of nitrogens with one attached hydrogen (secondary N) is 1. The Morgan fingerprint density at radius 2 is 2.06 bits per heavy atom. The zero-order valence-corrected chi connectivity index (χ0v) is 9.53. The van der Waals surface area contributed by atoms with Crippen molar-refractivity contribution in [1.29, 1.82) is 0 Å². The van der Waals surface area contributed by atoms with E-state index in [0.717, 1.165) is 0 Å². The number of aromatic nitrogens is 1. The van der Waals surface area contributed by atoms with Crippen LogP contribution in [-0.2, 0) is 6.42 Å². The summed E-state index contributed by atoms with van der Waals surface area (Å²) >= 11 is 5.90. The van der Waals surface area contributed by atoms with Gasteiger partial charge in [-0.25, -0.2) is 0 Å². The van der Waals surface area contributed by atoms with Crippen LogP contribution in [0.2, 0.25) is 5.02 Å². The summed E-state index contributed by atoms with van der Waals surface area (Å²) in [5.41, 5.74) is 1.03. The van der Waals surface area contributed by atoms with Crippen molar-refractivity contribution in [3.05, 3.63) is 46.6 Å². The van der Waals surface area contributed by atoms with E-state index in [1.54, 1.807) is 6.07 Å². The Morgan fingerprint density at radius 3 is 2.65 bits per heavy atom. The molecule has 0 aliphatic carbocycles. The lowest BCUT2D eigenvalue weighted by Gasteiger charge is -2.03. The number of ketones is 1. The van der Waals surface area contributed by atoms with Gasteiger partial charge in [0.05, 0.1) is 0 Å². The van der Waals surface area contributed by atoms with Gasteiger partial charge in [0.2, 0.25) is 0 Å². The highest BCUT2D eigenvalue weighted by Gasteiger charge is 2.11. The third kappa shape index (κ3) is 2.60. The van der Waals surface area contributed by atoms with Crippen molar-refractivity contribution >= 4 is 17.4 Å². The lowest BCUT2D eigenvalue weighted by atomic mass is 10.1. The first kappa shape index (κ1) is 11.5. The third-order valence-electron chi connectivity index (χ3n) is 2.38. The largest absolute Gasteiger partial charge is 0.508 e. The van der Waals surface area contributed by atoms with Gasteiger partial charge in [0.1, 0.15) is 5.75 Å². The molecule has 0 radical (unpaired) electrons. The molecule has 1 heterocycles. The van der Waals surface area contributed by atoms with E-state index in [9.17, 15) is 9.90 Å². The zero-order chi connectivity index (χ0) is 12.4. The number of benzene rings is 1. The first-order chi connectivity index (χ1) is 8.06. The molecule has 1 aromatic carbocycles. The maximum Gasteiger partial charge on any atom is 0.188 e. The molecule has 0 unspecified atom stereocenters. The van der Waals surface area contributed by atoms with E-state index in [1.807, 2.05) is 0 Å². The molecule has 17 heavy (non-hydrogen) atoms. The summed E-state index contributed by atoms with van der Waals surface area (Å²) in [4.78, 5) is 14.3. The van der Waals surface area contributed by atoms with Gasteiger partial charge < -0.3 is 15.2 Å². The Morgan fingerprint density at radius 1 is 1.29 bits per heavy atom. The molecule has 0 atom stereocenters. The SMILES string of the molecule is O=C(Cc1ccc(O)cc1Cl)c1c[nH]c(O)c1. The van der Waals surface area contributed by atoms with Crippen LogP contribution in [0.3, 0.4) is 0 Å². The molecule has 0 spiro atoms. The van der Waals surface area contributed by atoms with E-state index >= 15 is 0 Å². The number of halogens is 1. The third-order valence-corrected chi connectivity index (χ3v) is 2.73. The fourth-order valence-electron chi connectivity index (χ4n) is 1.50. The number of carbonyl (C=O) groups excluding carboxylic acids is 1. The van der Waals surface area contributed by atoms with Crippen LogP contribution in [0.4, 0.5) is 0 Å². The van der Waals surface area contributed by atoms with Gasteiger partial charge in [-0.3, -0.25) is 4.79 Å². The Hall–Kier alpha value is -1.94. The van der Waals surface area contributed by atoms with Crippen molar-refractivity contribution in [2.45, 2.75) is 6.42 Å². The second-order valence-electron chi connectivity index (χ2n) is 3.65. The summed E-state index contributed by atoms with van der Waals surface area (Å²) in [5.74, 6) is -0.148. The average Bonchev–Trinajstić information content (AvgIpc) is 2.69. The molecule has 0 fully saturated rings. The number of H-pyrrole nitrogens is 1. The van der Waals surface area contributed by atoms with Crippen LogP contribution in [0.1, 0.15) is 15.9 Å². The van der Waals surface area contributed by atoms with Gasteiger partial charge in [0, 0.05) is 29.3 Å². The number of hydrogen-bond donors (Lipinski definition) is 3. The average molecular weight is 252 g/mol. The molecular formula is C12H10ClNO3. The van der Waals surface area contributed by atoms with Gasteiger partial charge in [-0.05, 0) is 17.7 Å². The molecule has 0 saturated carbocycles. The Kier molecular flexibility index (Phi) is 3.06. The predicted molar refractivity (Wildman–Crippen MR) is 63.6 cm³/mol. The highest BCUT2D eigenvalue weighted by molar-refractivity contribution is 6.31. The smallest absolute Gasteiger partial charge is 0.188 e. The lowest BCUT2D eigenvalue weighted by molar-refractivity contribution is 0.0993. The molecule has 4 nitrogen and oxygen atoms in total. The fraction of sp³-hybridized carbons (Fsp3) is 0.0833. The van der Waals surface area contributed by atoms with Crippen LogP contribution in [0.15, 0.2) is 30.5 Å². The highest BCUT2D eigenvalue weighted by Crippen LogP contribution is 2.23. The Labute approximate surface area is 102 Å². The van der Waals surface area contributed by atoms with E-state index in [-0.39, 0.29) is 23.8 Å². The standard InChI is InChI=1S/C12H10ClNO3/c13-10-5-9(15)2-1-7(10)3-11(16)8-4-12(17)14-6-8/h1-2,4-6,14-15,17H,3H2. The van der Waals surface area contributed by atoms with Crippen LogP contribution < -0.4 is 0 Å². The number of aromatic hydroxyl groups is 2. The molecule has 0 aliphatic heterocycles. The van der Waals surface area contributed by atoms with Crippen molar-refractivity contribution in [3.8, 4) is 11.6 Å². The first-order valence-electron chi connectivity index (χ1n) is 4.94. The van der Waals surface area contributed by atoms with E-state index in [0.29, 0.717) is 16.1 Å². The number of carbonyl (C=O) groups is 1. The zero-order valence-electron chi connectivity index (χ0n) is 8.77. The minimum absolute atomic E-state index is 0.0508. The second kappa shape index (κ2) is 4.51. The van der Waals surface area contributed by atoms with E-state index in [1.165, 1.54) is 24.4 Å². The van der Waals surface area contributed by atoms with Crippen LogP contribution in [0, 0.1) is 0 Å². The molecule has 0 bridgehead atoms. The molecule has 1 aromatic heterocycles. The molecule has 88 valence electrons. The van der Waals surface area contributed by atoms with Crippen LogP contribution in [0.5, 0.6) is 11.6 Å². The molecule has 0 aliphatic rings. The van der Waals surface area contributed by atoms with Gasteiger partial charge in [-0.2, -0.15) is 0 Å². The summed E-state index contributed by atoms with van der Waals surface area (Å²) in [6, 6.07) is 5.82. The van der Waals surface area contributed by atoms with Crippen LogP contribution >= 0.6 is 11.6 Å². The second-order valence-corrected chi connectivity index (χ2v) is 4.06. The van der Waals surface area contributed by atoms with Crippen molar-refractivity contribution in [1.82, 2.24) is 4.98 Å². The lowest BCUT2D eigenvalue weighted by Crippen LogP contribution is -2.02. The number of rotatable bonds is 3. The fourth-order valence-corrected chi connectivity index (χ4v) is 1.74. The number of phenols is 1. The summed E-state index contributed by atoms with van der Waals surface area (Å²) in [5, 5.41) is 18.6. The monoisotopic (exact) mass is 251 g/mol. The van der Waals surface area contributed by atoms with E-state index in [4.69, 9.17) is 16.7 Å². The summed E-state index contributed by atoms with van der Waals surface area (Å²) < 4.78 is 0. The minimum atomic E-state index is -0.158. The maximum absolute atomic E-state index is 11.8. The summed E-state index contributed by atoms with van der Waals surface area (Å²) in [6.45, 7) is 0. The normalized spacial score (nSPS) is 10.4. The van der Waals surface area contributed by atoms with Crippen molar-refractivity contribution < 1.29 is 15.0 Å². The van der Waals surface area contributed by atoms with Crippen LogP contribution in [0.25, 0.3) is 0 Å². The quantitative estimate of drug-likeness (QED) is 0.734. The number of Topliss-reactive ketones (excluding diaryl/α,β-unsaturated/α-hetero) is 1. The summed E-state index contributed by atoms with van der Waals surface area (Å²) in [7, 11) is 0. The Bertz CT molecular complexity index is 563. The molecule has 0 saturated heterocycles. The highest BCUT2D eigenvalue weighted by atomic mass is 35.5. The molecule has 5 heteroatoms. The molecular weight excluding hydrogens is 242 g/mol. The number of aromatic amines is 1. The van der Waals surface area contributed by atoms with E-state index < -0.39 is 0 Å². The predicted octanol–water partition coefficient (Wildman–Crippen LogP) is 2.50. The van der Waals surface area contributed by atoms with Crippen LogP contribution in [-0.4, -0.2) is 21.0 Å². The summed E-state index contributed by atoms with van der Waals surface area (Å²) in [6.07, 6.45) is 1.56. The minimum Gasteiger partial charge on any atom is -0.508 e. The van der Waals surface area contributed by atoms with Gasteiger partial charge >= 0.3 is 0 Å². The molecule has 3 N–H and O–H groups in total. The van der Waals surface area contributed by atoms with Gasteiger partial charge in [-0.15, -0.1) is 0 Å². The van der Waals surface area contributed by atoms with Gasteiger partial charge in [-0.1, -0.05) is 17.7 Å². The molecule has 2 aromatic rings. The maximum atomic E-state index is 11.8. The van der Waals surface area contributed by atoms with Crippen molar-refractivity contribution in [2.75, 3.05) is 0 Å². The molecule has 2 rings (SSSR count). The van der Waals surface area contributed by atoms with Gasteiger partial charge in [0.25, 0.3) is 0 Å². The van der Waals surface area contributed by atoms with E-state index in [2.05, 4.69) is 4.98 Å². The molecule has 0 amide bonds. The number of hydrogen-bond acceptors (Lipinski definition) is 3. The van der Waals surface area contributed by atoms with Crippen molar-refractivity contribution in [3.63, 3.8) is 0 Å². The topological polar surface area (TPSA) is 73.3 Å².